The predicted molar refractivity (Wildman–Crippen MR) is 167 cm³/mol. The molecule has 0 fully saturated rings. The molecule has 0 bridgehead atoms. The lowest BCUT2D eigenvalue weighted by atomic mass is 9.84. The Bertz CT molecular complexity index is 1720. The van der Waals surface area contributed by atoms with Crippen LogP contribution in [0.2, 0.25) is 0 Å². The number of carbonyl (C=O) groups excluding carboxylic acids is 3. The molecule has 9 nitrogen and oxygen atoms in total. The number of carbonyl (C=O) groups is 3. The molecule has 45 heavy (non-hydrogen) atoms. The van der Waals surface area contributed by atoms with Gasteiger partial charge in [0.05, 0.1) is 20.1 Å². The smallest absolute Gasteiger partial charge is 0.308 e. The molecule has 9 heteroatoms. The van der Waals surface area contributed by atoms with E-state index in [2.05, 4.69) is 6.07 Å². The van der Waals surface area contributed by atoms with Crippen LogP contribution in [0.5, 0.6) is 34.5 Å². The normalized spacial score (nSPS) is 15.1. The highest BCUT2D eigenvalue weighted by Gasteiger charge is 2.37. The second kappa shape index (κ2) is 13.4. The molecule has 0 saturated carbocycles. The Kier molecular flexibility index (Phi) is 9.18. The predicted octanol–water partition coefficient (Wildman–Crippen LogP) is 6.92. The Morgan fingerprint density at radius 3 is 1.67 bits per heavy atom. The quantitative estimate of drug-likeness (QED) is 0.114. The van der Waals surface area contributed by atoms with Crippen LogP contribution in [0.25, 0.3) is 12.2 Å². The van der Waals surface area contributed by atoms with Crippen LogP contribution >= 0.6 is 0 Å². The maximum atomic E-state index is 11.6. The number of benzene rings is 4. The summed E-state index contributed by atoms with van der Waals surface area (Å²) in [4.78, 5) is 34.6. The molecule has 0 unspecified atom stereocenters. The maximum Gasteiger partial charge on any atom is 0.308 e. The molecule has 0 amide bonds. The summed E-state index contributed by atoms with van der Waals surface area (Å²) in [5, 5.41) is 0. The lowest BCUT2D eigenvalue weighted by molar-refractivity contribution is -0.133. The van der Waals surface area contributed by atoms with Gasteiger partial charge in [-0.3, -0.25) is 14.4 Å². The molecule has 2 atom stereocenters. The Morgan fingerprint density at radius 2 is 1.11 bits per heavy atom. The van der Waals surface area contributed by atoms with Crippen molar-refractivity contribution in [1.29, 1.82) is 0 Å². The third-order valence-corrected chi connectivity index (χ3v) is 7.02. The van der Waals surface area contributed by atoms with Gasteiger partial charge in [-0.05, 0) is 70.8 Å². The van der Waals surface area contributed by atoms with Crippen LogP contribution in [0.1, 0.15) is 60.6 Å². The van der Waals surface area contributed by atoms with Gasteiger partial charge in [0.2, 0.25) is 0 Å². The topological polar surface area (TPSA) is 107 Å². The fraction of sp³-hybridized carbons (Fsp3) is 0.194. The maximum absolute atomic E-state index is 11.6. The zero-order valence-electron chi connectivity index (χ0n) is 25.5. The van der Waals surface area contributed by atoms with Gasteiger partial charge in [0, 0.05) is 38.5 Å². The summed E-state index contributed by atoms with van der Waals surface area (Å²) in [6, 6.07) is 23.8. The highest BCUT2D eigenvalue weighted by Crippen LogP contribution is 2.51. The molecule has 0 aromatic heterocycles. The molecule has 0 aliphatic carbocycles. The molecule has 230 valence electrons. The van der Waals surface area contributed by atoms with Crippen LogP contribution in [0.4, 0.5) is 0 Å². The van der Waals surface area contributed by atoms with Gasteiger partial charge in [0.15, 0.2) is 0 Å². The fourth-order valence-electron chi connectivity index (χ4n) is 5.24. The average molecular weight is 609 g/mol. The number of hydrogen-bond acceptors (Lipinski definition) is 9. The van der Waals surface area contributed by atoms with Crippen LogP contribution in [0.15, 0.2) is 78.9 Å². The molecular weight excluding hydrogens is 576 g/mol. The van der Waals surface area contributed by atoms with Gasteiger partial charge in [0.25, 0.3) is 0 Å². The molecule has 0 radical (unpaired) electrons. The number of ether oxygens (including phenoxy) is 6. The third-order valence-electron chi connectivity index (χ3n) is 7.02. The molecule has 1 aliphatic heterocycles. The first-order chi connectivity index (χ1) is 21.6. The van der Waals surface area contributed by atoms with Gasteiger partial charge in [-0.1, -0.05) is 30.4 Å². The number of hydrogen-bond donors (Lipinski definition) is 0. The molecule has 1 aliphatic rings. The first-order valence-corrected chi connectivity index (χ1v) is 14.1. The van der Waals surface area contributed by atoms with Crippen LogP contribution in [-0.4, -0.2) is 32.1 Å². The summed E-state index contributed by atoms with van der Waals surface area (Å²) < 4.78 is 33.4. The van der Waals surface area contributed by atoms with Crippen molar-refractivity contribution in [3.63, 3.8) is 0 Å². The van der Waals surface area contributed by atoms with E-state index < -0.39 is 24.0 Å². The van der Waals surface area contributed by atoms with E-state index in [0.717, 1.165) is 28.0 Å². The summed E-state index contributed by atoms with van der Waals surface area (Å²) in [6.07, 6.45) is 3.36. The summed E-state index contributed by atoms with van der Waals surface area (Å²) in [7, 11) is 3.21. The van der Waals surface area contributed by atoms with E-state index in [1.807, 2.05) is 54.6 Å². The molecule has 4 aromatic rings. The second-order valence-corrected chi connectivity index (χ2v) is 10.4. The molecule has 4 aromatic carbocycles. The molecular formula is C36H32O9. The highest BCUT2D eigenvalue weighted by atomic mass is 16.5. The standard InChI is InChI=1S/C36H32O9/c1-21(37)42-28-11-9-26(10-12-28)36-35(27-17-29(40-4)19-30(18-27)41-5)33-16-24(8-13-34(33)45-36)6-7-25-14-31(43-22(2)38)20-32(15-25)44-23(3)39/h6-20,35-36H,1-5H3/b7-6+/t35-,36+/m1/s1. The van der Waals surface area contributed by atoms with Crippen molar-refractivity contribution in [1.82, 2.24) is 0 Å². The van der Waals surface area contributed by atoms with Gasteiger partial charge < -0.3 is 28.4 Å². The van der Waals surface area contributed by atoms with E-state index in [1.54, 1.807) is 38.5 Å². The molecule has 0 saturated heterocycles. The van der Waals surface area contributed by atoms with Crippen molar-refractivity contribution < 1.29 is 42.8 Å². The molecule has 0 spiro atoms. The lowest BCUT2D eigenvalue weighted by Gasteiger charge is -2.21. The van der Waals surface area contributed by atoms with E-state index in [1.165, 1.54) is 26.8 Å². The summed E-state index contributed by atoms with van der Waals surface area (Å²) in [5.74, 6) is 1.39. The average Bonchev–Trinajstić information content (AvgIpc) is 3.38. The zero-order chi connectivity index (χ0) is 32.1. The minimum atomic E-state index is -0.487. The minimum Gasteiger partial charge on any atom is -0.497 e. The van der Waals surface area contributed by atoms with Gasteiger partial charge in [-0.2, -0.15) is 0 Å². The van der Waals surface area contributed by atoms with Crippen LogP contribution < -0.4 is 28.4 Å². The van der Waals surface area contributed by atoms with Gasteiger partial charge in [-0.25, -0.2) is 0 Å². The number of fused-ring (bicyclic) bond motifs is 1. The Hall–Kier alpha value is -5.57. The van der Waals surface area contributed by atoms with E-state index in [4.69, 9.17) is 28.4 Å². The lowest BCUT2D eigenvalue weighted by Crippen LogP contribution is -2.12. The third kappa shape index (κ3) is 7.51. The van der Waals surface area contributed by atoms with Crippen molar-refractivity contribution in [3.05, 3.63) is 107 Å². The monoisotopic (exact) mass is 608 g/mol. The number of methoxy groups -OCH3 is 2. The summed E-state index contributed by atoms with van der Waals surface area (Å²) in [5.41, 5.74) is 4.33. The molecule has 1 heterocycles. The van der Waals surface area contributed by atoms with Gasteiger partial charge >= 0.3 is 17.9 Å². The van der Waals surface area contributed by atoms with Crippen molar-refractivity contribution in [2.45, 2.75) is 32.8 Å². The Labute approximate surface area is 260 Å². The van der Waals surface area contributed by atoms with Crippen molar-refractivity contribution >= 4 is 30.1 Å². The van der Waals surface area contributed by atoms with Gasteiger partial charge in [0.1, 0.15) is 40.6 Å². The van der Waals surface area contributed by atoms with Crippen molar-refractivity contribution in [2.75, 3.05) is 14.2 Å². The van der Waals surface area contributed by atoms with E-state index >= 15 is 0 Å². The van der Waals surface area contributed by atoms with Crippen molar-refractivity contribution in [3.8, 4) is 34.5 Å². The van der Waals surface area contributed by atoms with Crippen molar-refractivity contribution in [2.24, 2.45) is 0 Å². The van der Waals surface area contributed by atoms with E-state index in [9.17, 15) is 14.4 Å². The first-order valence-electron chi connectivity index (χ1n) is 14.1. The largest absolute Gasteiger partial charge is 0.497 e. The SMILES string of the molecule is COc1cc(OC)cc([C@@H]2c3cc(/C=C/c4cc(OC(C)=O)cc(OC(C)=O)c4)ccc3O[C@H]2c2ccc(OC(C)=O)cc2)c1. The van der Waals surface area contributed by atoms with E-state index in [-0.39, 0.29) is 17.4 Å². The molecule has 5 rings (SSSR count). The van der Waals surface area contributed by atoms with E-state index in [0.29, 0.717) is 22.8 Å². The number of esters is 3. The fourth-order valence-corrected chi connectivity index (χ4v) is 5.24. The summed E-state index contributed by atoms with van der Waals surface area (Å²) in [6.45, 7) is 3.96. The zero-order valence-corrected chi connectivity index (χ0v) is 25.5. The van der Waals surface area contributed by atoms with Gasteiger partial charge in [-0.15, -0.1) is 0 Å². The molecule has 0 N–H and O–H groups in total. The van der Waals surface area contributed by atoms with Crippen LogP contribution in [0, 0.1) is 0 Å². The first kappa shape index (κ1) is 30.9. The highest BCUT2D eigenvalue weighted by molar-refractivity contribution is 5.76. The minimum absolute atomic E-state index is 0.236. The van der Waals surface area contributed by atoms with Crippen LogP contribution in [-0.2, 0) is 14.4 Å². The number of rotatable bonds is 9. The second-order valence-electron chi connectivity index (χ2n) is 10.4. The Morgan fingerprint density at radius 1 is 0.578 bits per heavy atom. The summed E-state index contributed by atoms with van der Waals surface area (Å²) >= 11 is 0. The Balaban J connectivity index is 1.54. The van der Waals surface area contributed by atoms with Crippen LogP contribution in [0.3, 0.4) is 0 Å².